The largest absolute Gasteiger partial charge is 0.467 e. The predicted molar refractivity (Wildman–Crippen MR) is 80.9 cm³/mol. The van der Waals surface area contributed by atoms with Crippen LogP contribution in [0.2, 0.25) is 0 Å². The third-order valence-electron chi connectivity index (χ3n) is 4.00. The van der Waals surface area contributed by atoms with Crippen molar-refractivity contribution < 1.29 is 4.42 Å². The Balaban J connectivity index is 2.26. The fraction of sp³-hybridized carbons (Fsp3) is 0.412. The Morgan fingerprint density at radius 2 is 1.79 bits per heavy atom. The minimum Gasteiger partial charge on any atom is -0.467 e. The van der Waals surface area contributed by atoms with E-state index in [0.29, 0.717) is 0 Å². The molecule has 1 aromatic heterocycles. The van der Waals surface area contributed by atoms with Crippen LogP contribution in [0.15, 0.2) is 41.0 Å². The molecule has 0 aliphatic heterocycles. The van der Waals surface area contributed by atoms with Crippen LogP contribution < -0.4 is 0 Å². The van der Waals surface area contributed by atoms with Gasteiger partial charge >= 0.3 is 0 Å². The van der Waals surface area contributed by atoms with Gasteiger partial charge in [0.05, 0.1) is 6.26 Å². The molecule has 1 atom stereocenters. The number of aryl methyl sites for hydroxylation is 1. The van der Waals surface area contributed by atoms with E-state index in [9.17, 15) is 0 Å². The molecule has 2 heteroatoms. The topological polar surface area (TPSA) is 13.1 Å². The third-order valence-corrected chi connectivity index (χ3v) is 4.45. The van der Waals surface area contributed by atoms with Crippen LogP contribution in [0.3, 0.4) is 0 Å². The Hall–Kier alpha value is -1.21. The summed E-state index contributed by atoms with van der Waals surface area (Å²) in [7, 11) is 0. The Labute approximate surface area is 120 Å². The summed E-state index contributed by atoms with van der Waals surface area (Å²) in [6.07, 6.45) is 2.81. The maximum Gasteiger partial charge on any atom is 0.128 e. The highest BCUT2D eigenvalue weighted by Gasteiger charge is 2.20. The highest BCUT2D eigenvalue weighted by Crippen LogP contribution is 2.33. The van der Waals surface area contributed by atoms with Gasteiger partial charge in [0.1, 0.15) is 11.1 Å². The van der Waals surface area contributed by atoms with Gasteiger partial charge in [0.25, 0.3) is 0 Å². The molecule has 1 nitrogen and oxygen atoms in total. The van der Waals surface area contributed by atoms with Crippen molar-refractivity contribution in [3.8, 4) is 0 Å². The fourth-order valence-electron chi connectivity index (χ4n) is 2.10. The van der Waals surface area contributed by atoms with E-state index < -0.39 is 0 Å². The molecule has 0 N–H and O–H groups in total. The van der Waals surface area contributed by atoms with Crippen molar-refractivity contribution in [2.24, 2.45) is 0 Å². The lowest BCUT2D eigenvalue weighted by Gasteiger charge is -2.23. The van der Waals surface area contributed by atoms with Crippen LogP contribution in [0.4, 0.5) is 0 Å². The average molecular weight is 277 g/mol. The number of furan rings is 1. The van der Waals surface area contributed by atoms with Crippen molar-refractivity contribution in [2.75, 3.05) is 0 Å². The molecular formula is C17H21ClO. The molecule has 0 aliphatic rings. The predicted octanol–water partition coefficient (Wildman–Crippen LogP) is 5.60. The van der Waals surface area contributed by atoms with E-state index in [1.54, 1.807) is 6.26 Å². The first kappa shape index (κ1) is 14.2. The summed E-state index contributed by atoms with van der Waals surface area (Å²) in [5, 5.41) is -0.214. The van der Waals surface area contributed by atoms with Crippen molar-refractivity contribution in [1.82, 2.24) is 0 Å². The Morgan fingerprint density at radius 1 is 1.16 bits per heavy atom. The number of halogens is 1. The maximum atomic E-state index is 6.48. The first-order chi connectivity index (χ1) is 8.95. The molecule has 2 rings (SSSR count). The van der Waals surface area contributed by atoms with Crippen LogP contribution in [-0.4, -0.2) is 0 Å². The van der Waals surface area contributed by atoms with Gasteiger partial charge in [0, 0.05) is 0 Å². The minimum absolute atomic E-state index is 0.209. The second kappa shape index (κ2) is 5.42. The molecule has 1 aromatic carbocycles. The molecule has 0 aliphatic carbocycles. The average Bonchev–Trinajstić information content (AvgIpc) is 2.84. The number of hydrogen-bond donors (Lipinski definition) is 0. The lowest BCUT2D eigenvalue weighted by molar-refractivity contribution is 0.505. The van der Waals surface area contributed by atoms with Crippen LogP contribution in [0.25, 0.3) is 0 Å². The van der Waals surface area contributed by atoms with Gasteiger partial charge in [-0.3, -0.25) is 0 Å². The molecule has 0 bridgehead atoms. The van der Waals surface area contributed by atoms with Crippen LogP contribution >= 0.6 is 11.6 Å². The van der Waals surface area contributed by atoms with Gasteiger partial charge in [0.2, 0.25) is 0 Å². The van der Waals surface area contributed by atoms with Crippen molar-refractivity contribution in [3.05, 3.63) is 59.0 Å². The van der Waals surface area contributed by atoms with E-state index in [4.69, 9.17) is 16.0 Å². The van der Waals surface area contributed by atoms with Gasteiger partial charge in [0.15, 0.2) is 0 Å². The second-order valence-electron chi connectivity index (χ2n) is 5.69. The second-order valence-corrected chi connectivity index (χ2v) is 6.13. The van der Waals surface area contributed by atoms with Gasteiger partial charge in [-0.2, -0.15) is 0 Å². The van der Waals surface area contributed by atoms with Gasteiger partial charge < -0.3 is 4.42 Å². The molecule has 1 heterocycles. The van der Waals surface area contributed by atoms with Crippen LogP contribution in [-0.2, 0) is 5.41 Å². The van der Waals surface area contributed by atoms with Gasteiger partial charge in [-0.15, -0.1) is 11.6 Å². The zero-order valence-electron chi connectivity index (χ0n) is 12.0. The first-order valence-electron chi connectivity index (χ1n) is 6.74. The maximum absolute atomic E-state index is 6.48. The van der Waals surface area contributed by atoms with Crippen molar-refractivity contribution in [2.45, 2.75) is 44.9 Å². The van der Waals surface area contributed by atoms with E-state index in [1.165, 1.54) is 5.56 Å². The number of hydrogen-bond acceptors (Lipinski definition) is 1. The molecule has 0 saturated carbocycles. The summed E-state index contributed by atoms with van der Waals surface area (Å²) in [6, 6.07) is 10.5. The highest BCUT2D eigenvalue weighted by atomic mass is 35.5. The molecule has 0 fully saturated rings. The van der Waals surface area contributed by atoms with Crippen molar-refractivity contribution in [3.63, 3.8) is 0 Å². The molecule has 19 heavy (non-hydrogen) atoms. The van der Waals surface area contributed by atoms with E-state index in [-0.39, 0.29) is 10.8 Å². The van der Waals surface area contributed by atoms with Crippen LogP contribution in [0, 0.1) is 6.92 Å². The Bertz CT molecular complexity index is 537. The molecule has 0 radical (unpaired) electrons. The van der Waals surface area contributed by atoms with Crippen LogP contribution in [0.5, 0.6) is 0 Å². The lowest BCUT2D eigenvalue weighted by atomic mass is 9.82. The Kier molecular flexibility index (Phi) is 4.05. The number of benzene rings is 1. The van der Waals surface area contributed by atoms with Gasteiger partial charge in [-0.05, 0) is 41.5 Å². The third kappa shape index (κ3) is 2.87. The molecule has 0 saturated heterocycles. The van der Waals surface area contributed by atoms with Crippen molar-refractivity contribution in [1.29, 1.82) is 0 Å². The van der Waals surface area contributed by atoms with E-state index in [2.05, 4.69) is 45.0 Å². The monoisotopic (exact) mass is 276 g/mol. The summed E-state index contributed by atoms with van der Waals surface area (Å²) in [6.45, 7) is 8.75. The van der Waals surface area contributed by atoms with E-state index >= 15 is 0 Å². The zero-order valence-corrected chi connectivity index (χ0v) is 12.8. The lowest BCUT2D eigenvalue weighted by Crippen LogP contribution is -2.15. The quantitative estimate of drug-likeness (QED) is 0.662. The standard InChI is InChI=1S/C17H21ClO/c1-5-17(3,4)14-8-6-13(7-9-14)15(18)16-12(2)10-11-19-16/h6-11,15H,5H2,1-4H3. The SMILES string of the molecule is CCC(C)(C)c1ccc(C(Cl)c2occc2C)cc1. The minimum atomic E-state index is -0.214. The fourth-order valence-corrected chi connectivity index (χ4v) is 2.47. The molecular weight excluding hydrogens is 256 g/mol. The summed E-state index contributed by atoms with van der Waals surface area (Å²) < 4.78 is 5.47. The summed E-state index contributed by atoms with van der Waals surface area (Å²) >= 11 is 6.48. The smallest absolute Gasteiger partial charge is 0.128 e. The Morgan fingerprint density at radius 3 is 2.26 bits per heavy atom. The van der Waals surface area contributed by atoms with E-state index in [1.807, 2.05) is 13.0 Å². The van der Waals surface area contributed by atoms with Crippen LogP contribution in [0.1, 0.15) is 55.0 Å². The molecule has 0 spiro atoms. The molecule has 1 unspecified atom stereocenters. The summed E-state index contributed by atoms with van der Waals surface area (Å²) in [4.78, 5) is 0. The molecule has 2 aromatic rings. The first-order valence-corrected chi connectivity index (χ1v) is 7.18. The normalized spacial score (nSPS) is 13.5. The summed E-state index contributed by atoms with van der Waals surface area (Å²) in [5.74, 6) is 0.837. The molecule has 102 valence electrons. The van der Waals surface area contributed by atoms with E-state index in [0.717, 1.165) is 23.3 Å². The molecule has 0 amide bonds. The van der Waals surface area contributed by atoms with Crippen molar-refractivity contribution >= 4 is 11.6 Å². The summed E-state index contributed by atoms with van der Waals surface area (Å²) in [5.41, 5.74) is 3.73. The number of alkyl halides is 1. The highest BCUT2D eigenvalue weighted by molar-refractivity contribution is 6.22. The number of rotatable bonds is 4. The van der Waals surface area contributed by atoms with Gasteiger partial charge in [-0.25, -0.2) is 0 Å². The zero-order chi connectivity index (χ0) is 14.0. The van der Waals surface area contributed by atoms with Gasteiger partial charge in [-0.1, -0.05) is 45.0 Å².